The van der Waals surface area contributed by atoms with Crippen molar-refractivity contribution in [1.82, 2.24) is 0 Å². The van der Waals surface area contributed by atoms with Crippen LogP contribution in [0.3, 0.4) is 0 Å². The second kappa shape index (κ2) is 5.56. The number of aromatic carboxylic acids is 1. The standard InChI is InChI=1S/C14H12ClNO2/c15-13-8-11(6-7-12(13)14(17)18)16-9-10-4-2-1-3-5-10/h1-8,16H,9H2,(H,17,18). The maximum absolute atomic E-state index is 10.8. The molecule has 4 heteroatoms. The molecule has 3 nitrogen and oxygen atoms in total. The second-order valence-electron chi connectivity index (χ2n) is 3.84. The molecule has 0 aliphatic carbocycles. The van der Waals surface area contributed by atoms with Gasteiger partial charge in [0, 0.05) is 12.2 Å². The summed E-state index contributed by atoms with van der Waals surface area (Å²) in [6.07, 6.45) is 0. The molecule has 0 bridgehead atoms. The largest absolute Gasteiger partial charge is 0.478 e. The third-order valence-electron chi connectivity index (χ3n) is 2.54. The normalized spacial score (nSPS) is 10.1. The van der Waals surface area contributed by atoms with Gasteiger partial charge in [-0.05, 0) is 23.8 Å². The monoisotopic (exact) mass is 261 g/mol. The van der Waals surface area contributed by atoms with Crippen LogP contribution in [0.25, 0.3) is 0 Å². The minimum atomic E-state index is -1.02. The molecule has 0 aliphatic heterocycles. The SMILES string of the molecule is O=C(O)c1ccc(NCc2ccccc2)cc1Cl. The van der Waals surface area contributed by atoms with Crippen molar-refractivity contribution in [3.05, 3.63) is 64.7 Å². The van der Waals surface area contributed by atoms with E-state index >= 15 is 0 Å². The highest BCUT2D eigenvalue weighted by Crippen LogP contribution is 2.21. The predicted molar refractivity (Wildman–Crippen MR) is 72.2 cm³/mol. The zero-order valence-corrected chi connectivity index (χ0v) is 10.3. The average Bonchev–Trinajstić information content (AvgIpc) is 2.37. The zero-order valence-electron chi connectivity index (χ0n) is 9.56. The van der Waals surface area contributed by atoms with Crippen LogP contribution in [0.1, 0.15) is 15.9 Å². The molecular formula is C14H12ClNO2. The molecule has 2 rings (SSSR count). The Hall–Kier alpha value is -2.00. The summed E-state index contributed by atoms with van der Waals surface area (Å²) in [6, 6.07) is 14.8. The number of benzene rings is 2. The van der Waals surface area contributed by atoms with Crippen LogP contribution in [-0.2, 0) is 6.54 Å². The molecule has 2 N–H and O–H groups in total. The van der Waals surface area contributed by atoms with Gasteiger partial charge in [0.1, 0.15) is 0 Å². The molecule has 0 radical (unpaired) electrons. The Balaban J connectivity index is 2.07. The predicted octanol–water partition coefficient (Wildman–Crippen LogP) is 3.65. The fourth-order valence-corrected chi connectivity index (χ4v) is 1.86. The molecule has 92 valence electrons. The lowest BCUT2D eigenvalue weighted by Crippen LogP contribution is -2.01. The van der Waals surface area contributed by atoms with Crippen LogP contribution < -0.4 is 5.32 Å². The maximum atomic E-state index is 10.8. The molecule has 0 saturated heterocycles. The molecule has 0 heterocycles. The Kier molecular flexibility index (Phi) is 3.85. The Morgan fingerprint density at radius 3 is 2.50 bits per heavy atom. The lowest BCUT2D eigenvalue weighted by Gasteiger charge is -2.08. The van der Waals surface area contributed by atoms with E-state index < -0.39 is 5.97 Å². The summed E-state index contributed by atoms with van der Waals surface area (Å²) in [5.74, 6) is -1.02. The second-order valence-corrected chi connectivity index (χ2v) is 4.25. The van der Waals surface area contributed by atoms with Crippen LogP contribution >= 0.6 is 11.6 Å². The zero-order chi connectivity index (χ0) is 13.0. The molecule has 0 aliphatic rings. The van der Waals surface area contributed by atoms with Crippen LogP contribution in [0.2, 0.25) is 5.02 Å². The highest BCUT2D eigenvalue weighted by atomic mass is 35.5. The molecule has 0 aromatic heterocycles. The number of hydrogen-bond acceptors (Lipinski definition) is 2. The van der Waals surface area contributed by atoms with Crippen molar-refractivity contribution in [2.24, 2.45) is 0 Å². The van der Waals surface area contributed by atoms with E-state index in [9.17, 15) is 4.79 Å². The first-order valence-electron chi connectivity index (χ1n) is 5.47. The van der Waals surface area contributed by atoms with Gasteiger partial charge in [0.2, 0.25) is 0 Å². The Labute approximate surface area is 110 Å². The summed E-state index contributed by atoms with van der Waals surface area (Å²) in [6.45, 7) is 0.670. The lowest BCUT2D eigenvalue weighted by molar-refractivity contribution is 0.0697. The van der Waals surface area contributed by atoms with Gasteiger partial charge in [-0.1, -0.05) is 41.9 Å². The number of carbonyl (C=O) groups is 1. The molecule has 0 amide bonds. The van der Waals surface area contributed by atoms with Crippen molar-refractivity contribution in [2.45, 2.75) is 6.54 Å². The molecular weight excluding hydrogens is 250 g/mol. The number of carboxylic acid groups (broad SMARTS) is 1. The summed E-state index contributed by atoms with van der Waals surface area (Å²) >= 11 is 5.89. The number of anilines is 1. The van der Waals surface area contributed by atoms with Crippen LogP contribution in [0.15, 0.2) is 48.5 Å². The molecule has 0 unspecified atom stereocenters. The highest BCUT2D eigenvalue weighted by Gasteiger charge is 2.08. The fourth-order valence-electron chi connectivity index (χ4n) is 1.60. The number of nitrogens with one attached hydrogen (secondary N) is 1. The number of halogens is 1. The van der Waals surface area contributed by atoms with Gasteiger partial charge in [-0.2, -0.15) is 0 Å². The van der Waals surface area contributed by atoms with Gasteiger partial charge in [-0.15, -0.1) is 0 Å². The summed E-state index contributed by atoms with van der Waals surface area (Å²) in [5.41, 5.74) is 2.06. The maximum Gasteiger partial charge on any atom is 0.337 e. The van der Waals surface area contributed by atoms with Gasteiger partial charge in [0.25, 0.3) is 0 Å². The molecule has 18 heavy (non-hydrogen) atoms. The Bertz CT molecular complexity index is 555. The van der Waals surface area contributed by atoms with Crippen LogP contribution in [0.4, 0.5) is 5.69 Å². The quantitative estimate of drug-likeness (QED) is 0.883. The van der Waals surface area contributed by atoms with Gasteiger partial charge in [0.05, 0.1) is 10.6 Å². The summed E-state index contributed by atoms with van der Waals surface area (Å²) in [5, 5.41) is 12.3. The molecule has 2 aromatic carbocycles. The average molecular weight is 262 g/mol. The Morgan fingerprint density at radius 1 is 1.17 bits per heavy atom. The third kappa shape index (κ3) is 3.02. The van der Waals surface area contributed by atoms with Crippen molar-refractivity contribution < 1.29 is 9.90 Å². The summed E-state index contributed by atoms with van der Waals surface area (Å²) in [7, 11) is 0. The van der Waals surface area contributed by atoms with Crippen molar-refractivity contribution >= 4 is 23.3 Å². The number of carboxylic acids is 1. The van der Waals surface area contributed by atoms with E-state index in [1.807, 2.05) is 30.3 Å². The minimum absolute atomic E-state index is 0.113. The summed E-state index contributed by atoms with van der Waals surface area (Å²) in [4.78, 5) is 10.8. The first-order valence-corrected chi connectivity index (χ1v) is 5.85. The van der Waals surface area contributed by atoms with E-state index in [-0.39, 0.29) is 10.6 Å². The smallest absolute Gasteiger partial charge is 0.337 e. The van der Waals surface area contributed by atoms with Crippen molar-refractivity contribution in [2.75, 3.05) is 5.32 Å². The van der Waals surface area contributed by atoms with E-state index in [0.29, 0.717) is 6.54 Å². The molecule has 0 spiro atoms. The summed E-state index contributed by atoms with van der Waals surface area (Å²) < 4.78 is 0. The lowest BCUT2D eigenvalue weighted by atomic mass is 10.2. The van der Waals surface area contributed by atoms with E-state index in [2.05, 4.69) is 5.32 Å². The van der Waals surface area contributed by atoms with Gasteiger partial charge < -0.3 is 10.4 Å². The minimum Gasteiger partial charge on any atom is -0.478 e. The van der Waals surface area contributed by atoms with Crippen LogP contribution in [0.5, 0.6) is 0 Å². The third-order valence-corrected chi connectivity index (χ3v) is 2.85. The van der Waals surface area contributed by atoms with Gasteiger partial charge in [-0.25, -0.2) is 4.79 Å². The van der Waals surface area contributed by atoms with Crippen molar-refractivity contribution in [3.8, 4) is 0 Å². The number of rotatable bonds is 4. The van der Waals surface area contributed by atoms with Gasteiger partial charge >= 0.3 is 5.97 Å². The molecule has 0 fully saturated rings. The van der Waals surface area contributed by atoms with E-state index in [1.165, 1.54) is 6.07 Å². The van der Waals surface area contributed by atoms with Crippen LogP contribution in [0, 0.1) is 0 Å². The molecule has 2 aromatic rings. The van der Waals surface area contributed by atoms with E-state index in [4.69, 9.17) is 16.7 Å². The molecule has 0 atom stereocenters. The highest BCUT2D eigenvalue weighted by molar-refractivity contribution is 6.33. The first kappa shape index (κ1) is 12.5. The van der Waals surface area contributed by atoms with Crippen LogP contribution in [-0.4, -0.2) is 11.1 Å². The van der Waals surface area contributed by atoms with Crippen molar-refractivity contribution in [3.63, 3.8) is 0 Å². The van der Waals surface area contributed by atoms with E-state index in [0.717, 1.165) is 11.3 Å². The molecule has 0 saturated carbocycles. The topological polar surface area (TPSA) is 49.3 Å². The van der Waals surface area contributed by atoms with Crippen molar-refractivity contribution in [1.29, 1.82) is 0 Å². The fraction of sp³-hybridized carbons (Fsp3) is 0.0714. The van der Waals surface area contributed by atoms with Gasteiger partial charge in [0.15, 0.2) is 0 Å². The van der Waals surface area contributed by atoms with Gasteiger partial charge in [-0.3, -0.25) is 0 Å². The number of hydrogen-bond donors (Lipinski definition) is 2. The Morgan fingerprint density at radius 2 is 1.89 bits per heavy atom. The van der Waals surface area contributed by atoms with E-state index in [1.54, 1.807) is 12.1 Å². The first-order chi connectivity index (χ1) is 8.66.